The number of carbonyl (C=O) groups is 3. The Morgan fingerprint density at radius 1 is 1.28 bits per heavy atom. The fourth-order valence-corrected chi connectivity index (χ4v) is 2.71. The van der Waals surface area contributed by atoms with Crippen molar-refractivity contribution in [1.29, 1.82) is 0 Å². The van der Waals surface area contributed by atoms with Gasteiger partial charge in [0.15, 0.2) is 5.75 Å². The Hall–Kier alpha value is -3.20. The summed E-state index contributed by atoms with van der Waals surface area (Å²) >= 11 is 0. The van der Waals surface area contributed by atoms with Crippen LogP contribution < -0.4 is 10.5 Å². The molecule has 2 aromatic rings. The van der Waals surface area contributed by atoms with E-state index < -0.39 is 17.9 Å². The van der Waals surface area contributed by atoms with Crippen molar-refractivity contribution in [2.24, 2.45) is 0 Å². The number of fused-ring (bicyclic) bond motifs is 1. The molecule has 0 unspecified atom stereocenters. The number of imide groups is 1. The van der Waals surface area contributed by atoms with Gasteiger partial charge in [-0.3, -0.25) is 14.8 Å². The summed E-state index contributed by atoms with van der Waals surface area (Å²) < 4.78 is 5.18. The van der Waals surface area contributed by atoms with Crippen LogP contribution >= 0.6 is 0 Å². The number of ether oxygens (including phenoxy) is 1. The number of nitrogens with two attached hydrogens (primary N) is 1. The Morgan fingerprint density at radius 3 is 2.56 bits per heavy atom. The zero-order valence-electron chi connectivity index (χ0n) is 13.6. The first-order valence-electron chi connectivity index (χ1n) is 7.52. The molecule has 130 valence electrons. The van der Waals surface area contributed by atoms with Crippen LogP contribution in [0.15, 0.2) is 18.2 Å². The number of aromatic nitrogens is 1. The number of rotatable bonds is 2. The monoisotopic (exact) mass is 344 g/mol. The van der Waals surface area contributed by atoms with E-state index in [1.165, 1.54) is 0 Å². The smallest absolute Gasteiger partial charge is 0.405 e. The standard InChI is InChI=1S/C16H16N4O5/c1-8-11-7-10(17)3-4-12(11)18-9(2)15(8)25-16(23)20(24)19-13(21)5-6-14(19)22/h3-4,7,24H,5-6,17H2,1-2H3. The van der Waals surface area contributed by atoms with Crippen molar-refractivity contribution in [3.8, 4) is 5.75 Å². The number of benzene rings is 1. The van der Waals surface area contributed by atoms with Gasteiger partial charge in [0.05, 0.1) is 11.2 Å². The van der Waals surface area contributed by atoms with Crippen LogP contribution in [-0.2, 0) is 9.59 Å². The molecule has 1 fully saturated rings. The molecule has 0 spiro atoms. The fraction of sp³-hybridized carbons (Fsp3) is 0.250. The number of aryl methyl sites for hydroxylation is 2. The van der Waals surface area contributed by atoms with Gasteiger partial charge in [-0.05, 0) is 32.0 Å². The maximum absolute atomic E-state index is 12.2. The van der Waals surface area contributed by atoms with Gasteiger partial charge in [-0.15, -0.1) is 0 Å². The highest BCUT2D eigenvalue weighted by molar-refractivity contribution is 6.02. The molecule has 1 aromatic heterocycles. The Labute approximate surface area is 142 Å². The van der Waals surface area contributed by atoms with Crippen LogP contribution in [0.1, 0.15) is 24.1 Å². The number of anilines is 1. The Morgan fingerprint density at radius 2 is 1.92 bits per heavy atom. The van der Waals surface area contributed by atoms with Crippen molar-refractivity contribution in [3.63, 3.8) is 0 Å². The minimum atomic E-state index is -1.28. The first kappa shape index (κ1) is 16.7. The summed E-state index contributed by atoms with van der Waals surface area (Å²) in [6.07, 6.45) is -1.42. The van der Waals surface area contributed by atoms with Crippen molar-refractivity contribution in [2.45, 2.75) is 26.7 Å². The molecule has 25 heavy (non-hydrogen) atoms. The van der Waals surface area contributed by atoms with E-state index in [4.69, 9.17) is 10.5 Å². The van der Waals surface area contributed by atoms with E-state index in [1.807, 2.05) is 0 Å². The molecule has 1 aliphatic rings. The van der Waals surface area contributed by atoms with Crippen LogP contribution in [0, 0.1) is 13.8 Å². The largest absolute Gasteiger partial charge is 0.460 e. The minimum absolute atomic E-state index is 0.0714. The molecule has 2 heterocycles. The second-order valence-corrected chi connectivity index (χ2v) is 5.68. The third-order valence-electron chi connectivity index (χ3n) is 3.95. The van der Waals surface area contributed by atoms with E-state index in [9.17, 15) is 19.6 Å². The maximum Gasteiger partial charge on any atom is 0.460 e. The molecule has 0 bridgehead atoms. The number of amides is 3. The van der Waals surface area contributed by atoms with Gasteiger partial charge in [-0.2, -0.15) is 5.01 Å². The van der Waals surface area contributed by atoms with Crippen LogP contribution in [0.3, 0.4) is 0 Å². The average molecular weight is 344 g/mol. The van der Waals surface area contributed by atoms with Crippen molar-refractivity contribution < 1.29 is 24.3 Å². The molecule has 3 N–H and O–H groups in total. The molecule has 9 heteroatoms. The highest BCUT2D eigenvalue weighted by atomic mass is 16.7. The Balaban J connectivity index is 1.93. The number of hydrogen-bond acceptors (Lipinski definition) is 7. The average Bonchev–Trinajstić information content (AvgIpc) is 2.90. The molecule has 9 nitrogen and oxygen atoms in total. The number of nitrogens with zero attached hydrogens (tertiary/aromatic N) is 3. The lowest BCUT2D eigenvalue weighted by Crippen LogP contribution is -2.48. The van der Waals surface area contributed by atoms with Crippen LogP contribution in [0.2, 0.25) is 0 Å². The predicted octanol–water partition coefficient (Wildman–Crippen LogP) is 1.69. The number of nitrogen functional groups attached to an aromatic ring is 1. The summed E-state index contributed by atoms with van der Waals surface area (Å²) in [5.41, 5.74) is 7.98. The summed E-state index contributed by atoms with van der Waals surface area (Å²) in [6.45, 7) is 3.35. The van der Waals surface area contributed by atoms with Crippen molar-refractivity contribution in [1.82, 2.24) is 15.2 Å². The van der Waals surface area contributed by atoms with Gasteiger partial charge in [0.25, 0.3) is 11.8 Å². The van der Waals surface area contributed by atoms with Crippen molar-refractivity contribution >= 4 is 34.5 Å². The quantitative estimate of drug-likeness (QED) is 0.367. The highest BCUT2D eigenvalue weighted by Crippen LogP contribution is 2.30. The summed E-state index contributed by atoms with van der Waals surface area (Å²) in [6, 6.07) is 5.15. The number of carbonyl (C=O) groups excluding carboxylic acids is 3. The van der Waals surface area contributed by atoms with Gasteiger partial charge in [-0.1, -0.05) is 5.17 Å². The van der Waals surface area contributed by atoms with Crippen LogP contribution in [0.25, 0.3) is 10.9 Å². The Kier molecular flexibility index (Phi) is 4.01. The van der Waals surface area contributed by atoms with Crippen molar-refractivity contribution in [2.75, 3.05) is 5.73 Å². The van der Waals surface area contributed by atoms with Crippen LogP contribution in [0.4, 0.5) is 10.5 Å². The van der Waals surface area contributed by atoms with E-state index in [-0.39, 0.29) is 23.8 Å². The summed E-state index contributed by atoms with van der Waals surface area (Å²) in [5, 5.41) is 10.8. The highest BCUT2D eigenvalue weighted by Gasteiger charge is 2.37. The van der Waals surface area contributed by atoms with E-state index in [0.29, 0.717) is 32.9 Å². The third-order valence-corrected chi connectivity index (χ3v) is 3.95. The molecule has 0 saturated carbocycles. The number of pyridine rings is 1. The van der Waals surface area contributed by atoms with Crippen molar-refractivity contribution in [3.05, 3.63) is 29.5 Å². The summed E-state index contributed by atoms with van der Waals surface area (Å²) in [4.78, 5) is 39.7. The molecule has 3 amide bonds. The predicted molar refractivity (Wildman–Crippen MR) is 86.4 cm³/mol. The number of hydroxylamine groups is 1. The van der Waals surface area contributed by atoms with Gasteiger partial charge < -0.3 is 10.5 Å². The maximum atomic E-state index is 12.2. The normalized spacial score (nSPS) is 14.3. The van der Waals surface area contributed by atoms with Gasteiger partial charge in [0.1, 0.15) is 0 Å². The number of hydrazine groups is 1. The zero-order chi connectivity index (χ0) is 18.3. The van der Waals surface area contributed by atoms with E-state index in [1.54, 1.807) is 32.0 Å². The van der Waals surface area contributed by atoms with Crippen LogP contribution in [-0.4, -0.2) is 38.3 Å². The van der Waals surface area contributed by atoms with E-state index in [0.717, 1.165) is 0 Å². The summed E-state index contributed by atoms with van der Waals surface area (Å²) in [7, 11) is 0. The van der Waals surface area contributed by atoms with E-state index >= 15 is 0 Å². The summed E-state index contributed by atoms with van der Waals surface area (Å²) in [5.74, 6) is -1.23. The molecule has 0 aliphatic carbocycles. The lowest BCUT2D eigenvalue weighted by molar-refractivity contribution is -0.207. The van der Waals surface area contributed by atoms with Gasteiger partial charge >= 0.3 is 6.09 Å². The minimum Gasteiger partial charge on any atom is -0.405 e. The lowest BCUT2D eigenvalue weighted by atomic mass is 10.1. The zero-order valence-corrected chi connectivity index (χ0v) is 13.6. The SMILES string of the molecule is Cc1nc2ccc(N)cc2c(C)c1OC(=O)N(O)N1C(=O)CCC1=O. The number of hydrogen-bond donors (Lipinski definition) is 2. The second-order valence-electron chi connectivity index (χ2n) is 5.68. The Bertz CT molecular complexity index is 895. The molecule has 3 rings (SSSR count). The first-order chi connectivity index (χ1) is 11.8. The molecule has 0 atom stereocenters. The van der Waals surface area contributed by atoms with Gasteiger partial charge in [0, 0.05) is 29.5 Å². The molecular formula is C16H16N4O5. The van der Waals surface area contributed by atoms with Gasteiger partial charge in [0.2, 0.25) is 0 Å². The molecule has 1 aromatic carbocycles. The first-order valence-corrected chi connectivity index (χ1v) is 7.52. The molecular weight excluding hydrogens is 328 g/mol. The topological polar surface area (TPSA) is 126 Å². The second kappa shape index (κ2) is 6.02. The molecule has 1 saturated heterocycles. The lowest BCUT2D eigenvalue weighted by Gasteiger charge is -2.23. The third kappa shape index (κ3) is 2.85. The fourth-order valence-electron chi connectivity index (χ4n) is 2.71. The van der Waals surface area contributed by atoms with Gasteiger partial charge in [-0.25, -0.2) is 9.78 Å². The molecule has 0 radical (unpaired) electrons. The van der Waals surface area contributed by atoms with E-state index in [2.05, 4.69) is 4.98 Å². The van der Waals surface area contributed by atoms with Crippen LogP contribution in [0.5, 0.6) is 5.75 Å². The molecule has 1 aliphatic heterocycles.